The first-order valence-electron chi connectivity index (χ1n) is 5.08. The molecule has 0 aromatic rings. The van der Waals surface area contributed by atoms with Crippen LogP contribution in [-0.2, 0) is 0 Å². The Balaban J connectivity index is 2.12. The van der Waals surface area contributed by atoms with Crippen molar-refractivity contribution in [1.82, 2.24) is 10.2 Å². The minimum Gasteiger partial charge on any atom is -0.310 e. The van der Waals surface area contributed by atoms with E-state index in [1.807, 2.05) is 0 Å². The molecule has 0 aliphatic heterocycles. The van der Waals surface area contributed by atoms with Gasteiger partial charge in [0.05, 0.1) is 0 Å². The van der Waals surface area contributed by atoms with Gasteiger partial charge in [-0.25, -0.2) is 0 Å². The lowest BCUT2D eigenvalue weighted by atomic mass is 9.75. The van der Waals surface area contributed by atoms with Crippen LogP contribution in [0.4, 0.5) is 0 Å². The predicted molar refractivity (Wildman–Crippen MR) is 53.4 cm³/mol. The minimum absolute atomic E-state index is 0.524. The Labute approximate surface area is 76.3 Å². The van der Waals surface area contributed by atoms with E-state index >= 15 is 0 Å². The number of nitrogens with zero attached hydrogens (tertiary/aromatic N) is 1. The quantitative estimate of drug-likeness (QED) is 0.672. The number of hydrogen-bond acceptors (Lipinski definition) is 2. The molecule has 0 heterocycles. The number of nitrogens with one attached hydrogen (secondary N) is 1. The molecule has 0 unspecified atom stereocenters. The van der Waals surface area contributed by atoms with Crippen LogP contribution in [-0.4, -0.2) is 37.6 Å². The fourth-order valence-corrected chi connectivity index (χ4v) is 1.80. The third-order valence-electron chi connectivity index (χ3n) is 3.05. The zero-order chi connectivity index (χ0) is 9.03. The highest BCUT2D eigenvalue weighted by atomic mass is 15.1. The van der Waals surface area contributed by atoms with Crippen molar-refractivity contribution in [2.45, 2.75) is 38.1 Å². The van der Waals surface area contributed by atoms with Gasteiger partial charge in [-0.15, -0.1) is 0 Å². The summed E-state index contributed by atoms with van der Waals surface area (Å²) in [7, 11) is 4.25. The van der Waals surface area contributed by atoms with Crippen LogP contribution in [0.25, 0.3) is 0 Å². The number of rotatable bonds is 5. The highest BCUT2D eigenvalue weighted by Crippen LogP contribution is 2.34. The van der Waals surface area contributed by atoms with Crippen molar-refractivity contribution in [1.29, 1.82) is 0 Å². The van der Waals surface area contributed by atoms with E-state index in [4.69, 9.17) is 0 Å². The lowest BCUT2D eigenvalue weighted by Crippen LogP contribution is -2.52. The Morgan fingerprint density at radius 3 is 2.33 bits per heavy atom. The number of likely N-dealkylation sites (N-methyl/N-ethyl adjacent to an activating group) is 1. The first kappa shape index (κ1) is 10.0. The van der Waals surface area contributed by atoms with Crippen LogP contribution >= 0.6 is 0 Å². The summed E-state index contributed by atoms with van der Waals surface area (Å²) in [6, 6.07) is 0. The van der Waals surface area contributed by atoms with Crippen molar-refractivity contribution >= 4 is 0 Å². The molecule has 1 N–H and O–H groups in total. The molecule has 72 valence electrons. The molecule has 1 saturated carbocycles. The summed E-state index contributed by atoms with van der Waals surface area (Å²) < 4.78 is 0. The third-order valence-corrected chi connectivity index (χ3v) is 3.05. The van der Waals surface area contributed by atoms with E-state index in [-0.39, 0.29) is 0 Å². The monoisotopic (exact) mass is 170 g/mol. The second kappa shape index (κ2) is 4.24. The van der Waals surface area contributed by atoms with Gasteiger partial charge in [-0.1, -0.05) is 6.92 Å². The van der Waals surface area contributed by atoms with E-state index in [0.29, 0.717) is 5.54 Å². The molecule has 0 aromatic carbocycles. The van der Waals surface area contributed by atoms with Crippen molar-refractivity contribution in [3.63, 3.8) is 0 Å². The van der Waals surface area contributed by atoms with Crippen LogP contribution < -0.4 is 5.32 Å². The highest BCUT2D eigenvalue weighted by molar-refractivity contribution is 4.94. The van der Waals surface area contributed by atoms with Crippen LogP contribution in [0.1, 0.15) is 32.6 Å². The average Bonchev–Trinajstić information content (AvgIpc) is 1.94. The molecule has 2 heteroatoms. The van der Waals surface area contributed by atoms with E-state index < -0.39 is 0 Å². The maximum absolute atomic E-state index is 3.67. The SMILES string of the molecule is CCC1(NCCN(C)C)CCC1. The van der Waals surface area contributed by atoms with Gasteiger partial charge in [-0.3, -0.25) is 0 Å². The molecular formula is C10H22N2. The molecule has 0 amide bonds. The van der Waals surface area contributed by atoms with E-state index in [1.165, 1.54) is 25.7 Å². The fourth-order valence-electron chi connectivity index (χ4n) is 1.80. The molecule has 0 aromatic heterocycles. The maximum Gasteiger partial charge on any atom is 0.0179 e. The Hall–Kier alpha value is -0.0800. The summed E-state index contributed by atoms with van der Waals surface area (Å²) in [5.41, 5.74) is 0.524. The molecule has 1 aliphatic rings. The first-order valence-corrected chi connectivity index (χ1v) is 5.08. The van der Waals surface area contributed by atoms with Crippen LogP contribution in [0.3, 0.4) is 0 Å². The summed E-state index contributed by atoms with van der Waals surface area (Å²) >= 11 is 0. The van der Waals surface area contributed by atoms with Gasteiger partial charge in [0.15, 0.2) is 0 Å². The van der Waals surface area contributed by atoms with Crippen molar-refractivity contribution < 1.29 is 0 Å². The Bertz CT molecular complexity index is 122. The topological polar surface area (TPSA) is 15.3 Å². The zero-order valence-electron chi connectivity index (χ0n) is 8.69. The summed E-state index contributed by atoms with van der Waals surface area (Å²) in [5, 5.41) is 3.67. The van der Waals surface area contributed by atoms with Crippen LogP contribution in [0, 0.1) is 0 Å². The van der Waals surface area contributed by atoms with Crippen LogP contribution in [0.15, 0.2) is 0 Å². The third kappa shape index (κ3) is 2.46. The molecule has 12 heavy (non-hydrogen) atoms. The van der Waals surface area contributed by atoms with Crippen molar-refractivity contribution in [3.8, 4) is 0 Å². The molecule has 1 rings (SSSR count). The van der Waals surface area contributed by atoms with Gasteiger partial charge >= 0.3 is 0 Å². The van der Waals surface area contributed by atoms with E-state index in [9.17, 15) is 0 Å². The molecule has 0 bridgehead atoms. The molecule has 0 atom stereocenters. The molecule has 0 radical (unpaired) electrons. The summed E-state index contributed by atoms with van der Waals surface area (Å²) in [4.78, 5) is 2.23. The largest absolute Gasteiger partial charge is 0.310 e. The standard InChI is InChI=1S/C10H22N2/c1-4-10(6-5-7-10)11-8-9-12(2)3/h11H,4-9H2,1-3H3. The summed E-state index contributed by atoms with van der Waals surface area (Å²) in [5.74, 6) is 0. The Kier molecular flexibility index (Phi) is 3.53. The van der Waals surface area contributed by atoms with E-state index in [2.05, 4.69) is 31.2 Å². The summed E-state index contributed by atoms with van der Waals surface area (Å²) in [6.07, 6.45) is 5.48. The van der Waals surface area contributed by atoms with Crippen molar-refractivity contribution in [2.24, 2.45) is 0 Å². The predicted octanol–water partition coefficient (Wildman–Crippen LogP) is 1.47. The second-order valence-electron chi connectivity index (χ2n) is 4.22. The Morgan fingerprint density at radius 1 is 1.33 bits per heavy atom. The average molecular weight is 170 g/mol. The van der Waals surface area contributed by atoms with Crippen LogP contribution in [0.5, 0.6) is 0 Å². The molecule has 0 saturated heterocycles. The highest BCUT2D eigenvalue weighted by Gasteiger charge is 2.33. The molecule has 1 aliphatic carbocycles. The maximum atomic E-state index is 3.67. The lowest BCUT2D eigenvalue weighted by molar-refractivity contribution is 0.173. The smallest absolute Gasteiger partial charge is 0.0179 e. The lowest BCUT2D eigenvalue weighted by Gasteiger charge is -2.42. The normalized spacial score (nSPS) is 21.0. The van der Waals surface area contributed by atoms with Gasteiger partial charge in [0.25, 0.3) is 0 Å². The Morgan fingerprint density at radius 2 is 2.00 bits per heavy atom. The fraction of sp³-hybridized carbons (Fsp3) is 1.00. The van der Waals surface area contributed by atoms with Gasteiger partial charge in [0, 0.05) is 18.6 Å². The molecule has 2 nitrogen and oxygen atoms in total. The van der Waals surface area contributed by atoms with Crippen LogP contribution in [0.2, 0.25) is 0 Å². The van der Waals surface area contributed by atoms with Crippen molar-refractivity contribution in [2.75, 3.05) is 27.2 Å². The molecular weight excluding hydrogens is 148 g/mol. The zero-order valence-corrected chi connectivity index (χ0v) is 8.69. The van der Waals surface area contributed by atoms with E-state index in [0.717, 1.165) is 13.1 Å². The summed E-state index contributed by atoms with van der Waals surface area (Å²) in [6.45, 7) is 4.59. The van der Waals surface area contributed by atoms with Crippen molar-refractivity contribution in [3.05, 3.63) is 0 Å². The minimum atomic E-state index is 0.524. The molecule has 0 spiro atoms. The molecule has 1 fully saturated rings. The first-order chi connectivity index (χ1) is 5.68. The number of hydrogen-bond donors (Lipinski definition) is 1. The van der Waals surface area contributed by atoms with Gasteiger partial charge in [-0.05, 0) is 39.8 Å². The van der Waals surface area contributed by atoms with Gasteiger partial charge in [0.2, 0.25) is 0 Å². The second-order valence-corrected chi connectivity index (χ2v) is 4.22. The van der Waals surface area contributed by atoms with E-state index in [1.54, 1.807) is 0 Å². The van der Waals surface area contributed by atoms with Gasteiger partial charge in [-0.2, -0.15) is 0 Å². The van der Waals surface area contributed by atoms with Gasteiger partial charge in [0.1, 0.15) is 0 Å². The van der Waals surface area contributed by atoms with Gasteiger partial charge < -0.3 is 10.2 Å².